The van der Waals surface area contributed by atoms with E-state index >= 15 is 0 Å². The quantitative estimate of drug-likeness (QED) is 0.908. The summed E-state index contributed by atoms with van der Waals surface area (Å²) in [5.74, 6) is 1.62. The summed E-state index contributed by atoms with van der Waals surface area (Å²) in [7, 11) is 1.95. The van der Waals surface area contributed by atoms with Gasteiger partial charge in [0, 0.05) is 37.1 Å². The first kappa shape index (κ1) is 14.3. The zero-order valence-electron chi connectivity index (χ0n) is 12.8. The molecule has 0 bridgehead atoms. The second-order valence-electron chi connectivity index (χ2n) is 6.61. The Hall–Kier alpha value is -1.16. The van der Waals surface area contributed by atoms with Crippen LogP contribution in [0.3, 0.4) is 0 Å². The normalized spacial score (nSPS) is 20.1. The Bertz CT molecular complexity index is 436. The van der Waals surface area contributed by atoms with Crippen LogP contribution < -0.4 is 10.2 Å². The first-order valence-electron chi connectivity index (χ1n) is 7.14. The van der Waals surface area contributed by atoms with Crippen molar-refractivity contribution in [3.63, 3.8) is 0 Å². The third-order valence-corrected chi connectivity index (χ3v) is 4.13. The molecule has 0 saturated carbocycles. The fourth-order valence-electron chi connectivity index (χ4n) is 2.64. The predicted molar refractivity (Wildman–Crippen MR) is 79.3 cm³/mol. The lowest BCUT2D eigenvalue weighted by Gasteiger charge is -2.27. The van der Waals surface area contributed by atoms with Gasteiger partial charge in [-0.25, -0.2) is 9.97 Å². The van der Waals surface area contributed by atoms with Crippen molar-refractivity contribution < 1.29 is 0 Å². The highest BCUT2D eigenvalue weighted by molar-refractivity contribution is 5.34. The molecule has 4 nitrogen and oxygen atoms in total. The molecule has 0 aromatic carbocycles. The van der Waals surface area contributed by atoms with Gasteiger partial charge >= 0.3 is 0 Å². The molecule has 1 aliphatic heterocycles. The lowest BCUT2D eigenvalue weighted by molar-refractivity contribution is 0.263. The number of anilines is 1. The molecule has 1 unspecified atom stereocenters. The van der Waals surface area contributed by atoms with Gasteiger partial charge in [0.05, 0.1) is 0 Å². The van der Waals surface area contributed by atoms with Gasteiger partial charge in [0.25, 0.3) is 0 Å². The van der Waals surface area contributed by atoms with Crippen LogP contribution in [0.5, 0.6) is 0 Å². The molecule has 0 spiro atoms. The van der Waals surface area contributed by atoms with Crippen molar-refractivity contribution in [3.05, 3.63) is 17.5 Å². The molecule has 4 heteroatoms. The number of nitrogens with one attached hydrogen (secondary N) is 1. The summed E-state index contributed by atoms with van der Waals surface area (Å²) < 4.78 is 0. The first-order chi connectivity index (χ1) is 8.91. The average molecular weight is 262 g/mol. The first-order valence-corrected chi connectivity index (χ1v) is 7.14. The molecule has 1 N–H and O–H groups in total. The van der Waals surface area contributed by atoms with E-state index in [0.717, 1.165) is 37.2 Å². The van der Waals surface area contributed by atoms with Crippen LogP contribution in [-0.4, -0.2) is 30.1 Å². The largest absolute Gasteiger partial charge is 0.341 e. The molecule has 2 rings (SSSR count). The van der Waals surface area contributed by atoms with Gasteiger partial charge in [0.2, 0.25) is 5.95 Å². The van der Waals surface area contributed by atoms with E-state index in [1.54, 1.807) is 0 Å². The molecule has 19 heavy (non-hydrogen) atoms. The Morgan fingerprint density at radius 1 is 1.42 bits per heavy atom. The molecule has 106 valence electrons. The van der Waals surface area contributed by atoms with Crippen molar-refractivity contribution in [2.75, 3.05) is 25.0 Å². The number of hydrogen-bond acceptors (Lipinski definition) is 4. The summed E-state index contributed by atoms with van der Waals surface area (Å²) in [5.41, 5.74) is 2.63. The molecule has 1 aromatic rings. The highest BCUT2D eigenvalue weighted by Gasteiger charge is 2.32. The lowest BCUT2D eigenvalue weighted by atomic mass is 9.80. The molecule has 1 aromatic heterocycles. The number of nitrogens with zero attached hydrogens (tertiary/aromatic N) is 3. The Morgan fingerprint density at radius 2 is 2.16 bits per heavy atom. The van der Waals surface area contributed by atoms with E-state index in [1.165, 1.54) is 12.0 Å². The topological polar surface area (TPSA) is 41.1 Å². The van der Waals surface area contributed by atoms with Crippen molar-refractivity contribution in [2.24, 2.45) is 11.3 Å². The molecule has 0 amide bonds. The molecule has 1 aliphatic rings. The maximum Gasteiger partial charge on any atom is 0.225 e. The number of hydrogen-bond donors (Lipinski definition) is 1. The van der Waals surface area contributed by atoms with E-state index in [1.807, 2.05) is 13.2 Å². The Kier molecular flexibility index (Phi) is 4.09. The van der Waals surface area contributed by atoms with Crippen LogP contribution >= 0.6 is 0 Å². The van der Waals surface area contributed by atoms with Crippen molar-refractivity contribution in [3.8, 4) is 0 Å². The molecular formula is C15H26N4. The standard InChI is InChI=1S/C15H26N4/c1-11-12(8-16-5)9-17-14(18-11)19-7-6-13(10-19)15(2,3)4/h9,13,16H,6-8,10H2,1-5H3. The summed E-state index contributed by atoms with van der Waals surface area (Å²) in [6.07, 6.45) is 3.20. The maximum atomic E-state index is 4.67. The highest BCUT2D eigenvalue weighted by atomic mass is 15.3. The van der Waals surface area contributed by atoms with Crippen molar-refractivity contribution in [1.29, 1.82) is 0 Å². The van der Waals surface area contributed by atoms with E-state index in [2.05, 4.69) is 47.9 Å². The third-order valence-electron chi connectivity index (χ3n) is 4.13. The van der Waals surface area contributed by atoms with Gasteiger partial charge in [-0.3, -0.25) is 0 Å². The van der Waals surface area contributed by atoms with Crippen LogP contribution in [0.4, 0.5) is 5.95 Å². The average Bonchev–Trinajstić information content (AvgIpc) is 2.81. The third kappa shape index (κ3) is 3.24. The van der Waals surface area contributed by atoms with E-state index in [-0.39, 0.29) is 0 Å². The van der Waals surface area contributed by atoms with Gasteiger partial charge in [-0.05, 0) is 31.7 Å². The summed E-state index contributed by atoms with van der Waals surface area (Å²) >= 11 is 0. The summed E-state index contributed by atoms with van der Waals surface area (Å²) in [5, 5.41) is 3.15. The van der Waals surface area contributed by atoms with Gasteiger partial charge < -0.3 is 10.2 Å². The van der Waals surface area contributed by atoms with Gasteiger partial charge in [-0.15, -0.1) is 0 Å². The Balaban J connectivity index is 2.10. The van der Waals surface area contributed by atoms with Gasteiger partial charge in [-0.1, -0.05) is 20.8 Å². The molecule has 1 saturated heterocycles. The summed E-state index contributed by atoms with van der Waals surface area (Å²) in [6, 6.07) is 0. The van der Waals surface area contributed by atoms with Gasteiger partial charge in [0.1, 0.15) is 0 Å². The molecule has 1 atom stereocenters. The van der Waals surface area contributed by atoms with Gasteiger partial charge in [0.15, 0.2) is 0 Å². The highest BCUT2D eigenvalue weighted by Crippen LogP contribution is 2.34. The molecule has 0 aliphatic carbocycles. The number of aromatic nitrogens is 2. The Labute approximate surface area is 116 Å². The van der Waals surface area contributed by atoms with Crippen LogP contribution in [0.25, 0.3) is 0 Å². The second kappa shape index (κ2) is 5.45. The van der Waals surface area contributed by atoms with E-state index in [9.17, 15) is 0 Å². The molecule has 2 heterocycles. The number of aryl methyl sites for hydroxylation is 1. The van der Waals surface area contributed by atoms with Crippen molar-refractivity contribution in [2.45, 2.75) is 40.7 Å². The van der Waals surface area contributed by atoms with Crippen molar-refractivity contribution in [1.82, 2.24) is 15.3 Å². The smallest absolute Gasteiger partial charge is 0.225 e. The minimum Gasteiger partial charge on any atom is -0.341 e. The number of rotatable bonds is 3. The van der Waals surface area contributed by atoms with Crippen LogP contribution in [-0.2, 0) is 6.54 Å². The van der Waals surface area contributed by atoms with Crippen LogP contribution in [0.15, 0.2) is 6.20 Å². The molecule has 0 radical (unpaired) electrons. The minimum absolute atomic E-state index is 0.371. The van der Waals surface area contributed by atoms with Crippen LogP contribution in [0, 0.1) is 18.3 Å². The molecule has 1 fully saturated rings. The summed E-state index contributed by atoms with van der Waals surface area (Å²) in [4.78, 5) is 11.5. The fraction of sp³-hybridized carbons (Fsp3) is 0.733. The zero-order chi connectivity index (χ0) is 14.0. The van der Waals surface area contributed by atoms with Crippen molar-refractivity contribution >= 4 is 5.95 Å². The zero-order valence-corrected chi connectivity index (χ0v) is 12.8. The SMILES string of the molecule is CNCc1cnc(N2CCC(C(C)(C)C)C2)nc1C. The van der Waals surface area contributed by atoms with Gasteiger partial charge in [-0.2, -0.15) is 0 Å². The monoisotopic (exact) mass is 262 g/mol. The lowest BCUT2D eigenvalue weighted by Crippen LogP contribution is -2.27. The van der Waals surface area contributed by atoms with E-state index in [0.29, 0.717) is 5.41 Å². The van der Waals surface area contributed by atoms with E-state index < -0.39 is 0 Å². The predicted octanol–water partition coefficient (Wildman–Crippen LogP) is 2.38. The Morgan fingerprint density at radius 3 is 2.68 bits per heavy atom. The van der Waals surface area contributed by atoms with E-state index in [4.69, 9.17) is 0 Å². The van der Waals surface area contributed by atoms with Crippen LogP contribution in [0.2, 0.25) is 0 Å². The maximum absolute atomic E-state index is 4.67. The minimum atomic E-state index is 0.371. The fourth-order valence-corrected chi connectivity index (χ4v) is 2.64. The summed E-state index contributed by atoms with van der Waals surface area (Å²) in [6.45, 7) is 12.0. The second-order valence-corrected chi connectivity index (χ2v) is 6.61. The molecular weight excluding hydrogens is 236 g/mol. The van der Waals surface area contributed by atoms with Crippen LogP contribution in [0.1, 0.15) is 38.4 Å².